The molecule has 6 aliphatic heterocycles. The number of halogens is 3. The van der Waals surface area contributed by atoms with Crippen LogP contribution < -0.4 is 0 Å². The van der Waals surface area contributed by atoms with E-state index in [-0.39, 0.29) is 0 Å². The third kappa shape index (κ3) is 5.04. The van der Waals surface area contributed by atoms with Gasteiger partial charge in [-0.1, -0.05) is 0 Å². The first-order valence-corrected chi connectivity index (χ1v) is 24.9. The second kappa shape index (κ2) is 11.5. The molecule has 39 heavy (non-hydrogen) atoms. The average molecular weight is 740 g/mol. The number of rotatable bonds is 10. The van der Waals surface area contributed by atoms with Crippen LogP contribution in [0.2, 0.25) is 0 Å². The molecule has 6 saturated heterocycles. The Morgan fingerprint density at radius 3 is 0.744 bits per heavy atom. The topological polar surface area (TPSA) is 55.0 Å². The minimum atomic E-state index is -5.11. The van der Waals surface area contributed by atoms with E-state index in [4.69, 9.17) is 8.62 Å². The molecule has 0 saturated carbocycles. The van der Waals surface area contributed by atoms with Crippen LogP contribution in [0.15, 0.2) is 0 Å². The Morgan fingerprint density at radius 2 is 0.590 bits per heavy atom. The van der Waals surface area contributed by atoms with Gasteiger partial charge in [-0.2, -0.15) is 0 Å². The van der Waals surface area contributed by atoms with Crippen LogP contribution in [0, 0.1) is 0 Å². The van der Waals surface area contributed by atoms with Crippen LogP contribution in [0.4, 0.5) is 4.20 Å². The molecule has 6 fully saturated rings. The Bertz CT molecular complexity index is 781. The Labute approximate surface area is 250 Å². The Morgan fingerprint density at radius 1 is 0.436 bits per heavy atom. The summed E-state index contributed by atoms with van der Waals surface area (Å²) < 4.78 is 59.8. The average Bonchev–Trinajstić information content (AvgIpc) is 3.81. The molecule has 0 aromatic heterocycles. The van der Waals surface area contributed by atoms with E-state index in [1.165, 1.54) is 0 Å². The summed E-state index contributed by atoms with van der Waals surface area (Å²) in [4.78, 5) is 0. The second-order valence-electron chi connectivity index (χ2n) is 12.2. The van der Waals surface area contributed by atoms with Gasteiger partial charge in [0.15, 0.2) is 0 Å². The molecule has 15 heteroatoms. The van der Waals surface area contributed by atoms with E-state index >= 15 is 4.20 Å². The van der Waals surface area contributed by atoms with E-state index in [2.05, 4.69) is 59.0 Å². The van der Waals surface area contributed by atoms with E-state index < -0.39 is 19.9 Å². The van der Waals surface area contributed by atoms with Crippen molar-refractivity contribution >= 4 is 50.9 Å². The van der Waals surface area contributed by atoms with Gasteiger partial charge in [0.2, 0.25) is 0 Å². The van der Waals surface area contributed by atoms with Crippen molar-refractivity contribution in [3.05, 3.63) is 0 Å². The molecule has 0 radical (unpaired) electrons. The normalized spacial score (nSPS) is 31.6. The Hall–Kier alpha value is 1.66. The van der Waals surface area contributed by atoms with Gasteiger partial charge in [-0.15, -0.1) is 0 Å². The number of nitrogens with zero attached hydrogens (tertiary/aromatic N) is 6. The molecule has 6 heterocycles. The van der Waals surface area contributed by atoms with Gasteiger partial charge in [0.25, 0.3) is 0 Å². The van der Waals surface area contributed by atoms with Crippen LogP contribution in [-0.4, -0.2) is 107 Å². The predicted octanol–water partition coefficient (Wildman–Crippen LogP) is 7.72. The summed E-state index contributed by atoms with van der Waals surface area (Å²) in [5.74, 6) is -7.83. The van der Waals surface area contributed by atoms with E-state index in [0.717, 1.165) is 156 Å². The molecule has 6 aliphatic rings. The van der Waals surface area contributed by atoms with Gasteiger partial charge >= 0.3 is 252 Å². The summed E-state index contributed by atoms with van der Waals surface area (Å²) in [5, 5.41) is 0. The van der Waals surface area contributed by atoms with Gasteiger partial charge in [-0.25, -0.2) is 0 Å². The van der Waals surface area contributed by atoms with E-state index in [9.17, 15) is 4.57 Å². The first-order chi connectivity index (χ1) is 18.7. The van der Waals surface area contributed by atoms with E-state index in [1.54, 1.807) is 0 Å². The molecule has 228 valence electrons. The van der Waals surface area contributed by atoms with Crippen LogP contribution in [-0.2, 0) is 13.2 Å². The summed E-state index contributed by atoms with van der Waals surface area (Å²) >= 11 is 8.48. The van der Waals surface area contributed by atoms with Crippen molar-refractivity contribution in [1.82, 2.24) is 28.0 Å². The molecule has 9 nitrogen and oxygen atoms in total. The minimum absolute atomic E-state index is 0.818. The molecule has 0 aromatic rings. The first kappa shape index (κ1) is 30.7. The maximum absolute atomic E-state index is 17.4. The van der Waals surface area contributed by atoms with Crippen LogP contribution in [0.1, 0.15) is 77.0 Å². The predicted molar refractivity (Wildman–Crippen MR) is 167 cm³/mol. The number of hydrogen-bond acceptors (Lipinski definition) is 9. The SMILES string of the molecule is O=P(F)(OP(Br)(N1CCCC1)(N1CCCC1)N1CCCC1)OP(Br)(N1CCCC1)(N1CCCC1)N1CCCC1. The van der Waals surface area contributed by atoms with Gasteiger partial charge < -0.3 is 0 Å². The van der Waals surface area contributed by atoms with Gasteiger partial charge in [-0.3, -0.25) is 0 Å². The van der Waals surface area contributed by atoms with E-state index in [0.29, 0.717) is 0 Å². The number of hydrogen-bond donors (Lipinski definition) is 0. The van der Waals surface area contributed by atoms with Gasteiger partial charge in [0.05, 0.1) is 0 Å². The van der Waals surface area contributed by atoms with Crippen LogP contribution in [0.3, 0.4) is 0 Å². The summed E-state index contributed by atoms with van der Waals surface area (Å²) in [6, 6.07) is 0. The molecule has 0 aliphatic carbocycles. The molecule has 0 bridgehead atoms. The zero-order chi connectivity index (χ0) is 27.2. The summed E-state index contributed by atoms with van der Waals surface area (Å²) in [7, 11) is -5.11. The summed E-state index contributed by atoms with van der Waals surface area (Å²) in [6.45, 7) is 9.81. The zero-order valence-corrected chi connectivity index (χ0v) is 29.2. The second-order valence-corrected chi connectivity index (χ2v) is 28.4. The third-order valence-corrected chi connectivity index (χ3v) is 32.1. The van der Waals surface area contributed by atoms with E-state index in [1.807, 2.05) is 0 Å². The molecule has 0 atom stereocenters. The van der Waals surface area contributed by atoms with Crippen molar-refractivity contribution in [2.24, 2.45) is 0 Å². The molecule has 6 rings (SSSR count). The third-order valence-electron chi connectivity index (χ3n) is 9.82. The van der Waals surface area contributed by atoms with Crippen LogP contribution >= 0.6 is 50.9 Å². The molecule has 0 unspecified atom stereocenters. The Kier molecular flexibility index (Phi) is 9.08. The first-order valence-electron chi connectivity index (χ1n) is 15.4. The van der Waals surface area contributed by atoms with Crippen molar-refractivity contribution in [1.29, 1.82) is 0 Å². The van der Waals surface area contributed by atoms with Crippen molar-refractivity contribution in [2.75, 3.05) is 78.5 Å². The quantitative estimate of drug-likeness (QED) is 0.210. The summed E-state index contributed by atoms with van der Waals surface area (Å²) in [6.07, 6.45) is 12.5. The zero-order valence-electron chi connectivity index (χ0n) is 23.4. The van der Waals surface area contributed by atoms with Crippen molar-refractivity contribution in [3.8, 4) is 0 Å². The molecule has 0 aromatic carbocycles. The molecule has 0 amide bonds. The van der Waals surface area contributed by atoms with Gasteiger partial charge in [0.1, 0.15) is 0 Å². The van der Waals surface area contributed by atoms with Crippen molar-refractivity contribution in [2.45, 2.75) is 77.0 Å². The maximum atomic E-state index is 17.4. The van der Waals surface area contributed by atoms with Crippen LogP contribution in [0.25, 0.3) is 0 Å². The molecule has 0 N–H and O–H groups in total. The molecule has 0 spiro atoms. The fraction of sp³-hybridized carbons (Fsp3) is 1.00. The summed E-state index contributed by atoms with van der Waals surface area (Å²) in [5.41, 5.74) is 0. The molecular formula is C24H48Br2FN6O3P3. The fourth-order valence-corrected chi connectivity index (χ4v) is 29.9. The van der Waals surface area contributed by atoms with Crippen LogP contribution in [0.5, 0.6) is 0 Å². The van der Waals surface area contributed by atoms with Crippen molar-refractivity contribution in [3.63, 3.8) is 0 Å². The van der Waals surface area contributed by atoms with Gasteiger partial charge in [-0.05, 0) is 0 Å². The molecular weight excluding hydrogens is 692 g/mol. The van der Waals surface area contributed by atoms with Crippen molar-refractivity contribution < 1.29 is 17.4 Å². The van der Waals surface area contributed by atoms with Gasteiger partial charge in [0, 0.05) is 0 Å². The standard InChI is InChI=1S/C24H48Br2FN6O3P3/c25-38(28-13-1-2-14-28,29-15-3-4-16-29,30-17-5-6-18-30)35-37(27,34)36-39(26,31-19-7-8-20-31,32-21-9-10-22-32)33-23-11-12-24-33/h1-24H2. The fourth-order valence-electron chi connectivity index (χ4n) is 7.95. The monoisotopic (exact) mass is 738 g/mol. The Balaban J connectivity index is 1.45.